The van der Waals surface area contributed by atoms with E-state index in [0.29, 0.717) is 11.4 Å². The Labute approximate surface area is 113 Å². The molecule has 0 aliphatic rings. The summed E-state index contributed by atoms with van der Waals surface area (Å²) in [6.45, 7) is 0. The molecule has 1 N–H and O–H groups in total. The van der Waals surface area contributed by atoms with Crippen LogP contribution < -0.4 is 5.32 Å². The molecule has 6 heteroatoms. The molecular formula is C12H6Cl2FN3. The predicted molar refractivity (Wildman–Crippen MR) is 68.7 cm³/mol. The second kappa shape index (κ2) is 5.21. The molecule has 0 spiro atoms. The maximum atomic E-state index is 13.0. The Morgan fingerprint density at radius 2 is 1.94 bits per heavy atom. The van der Waals surface area contributed by atoms with Crippen LogP contribution in [0.3, 0.4) is 0 Å². The molecule has 0 fully saturated rings. The van der Waals surface area contributed by atoms with Crippen molar-refractivity contribution in [3.05, 3.63) is 52.0 Å². The molecule has 90 valence electrons. The zero-order valence-electron chi connectivity index (χ0n) is 8.92. The van der Waals surface area contributed by atoms with Crippen molar-refractivity contribution in [3.63, 3.8) is 0 Å². The number of nitrogens with zero attached hydrogens (tertiary/aromatic N) is 2. The van der Waals surface area contributed by atoms with E-state index >= 15 is 0 Å². The van der Waals surface area contributed by atoms with Gasteiger partial charge in [-0.25, -0.2) is 9.37 Å². The first-order valence-corrected chi connectivity index (χ1v) is 5.64. The first kappa shape index (κ1) is 12.6. The van der Waals surface area contributed by atoms with Gasteiger partial charge in [-0.3, -0.25) is 0 Å². The molecule has 0 atom stereocenters. The SMILES string of the molecule is N#Cc1ncccc1Nc1c(Cl)cc(F)cc1Cl. The Bertz CT molecular complexity index is 614. The van der Waals surface area contributed by atoms with Crippen LogP contribution in [0.2, 0.25) is 10.0 Å². The highest BCUT2D eigenvalue weighted by Crippen LogP contribution is 2.34. The standard InChI is InChI=1S/C12H6Cl2FN3/c13-8-4-7(15)5-9(14)12(8)18-10-2-1-3-17-11(10)6-16/h1-5,18H. The molecular weight excluding hydrogens is 276 g/mol. The summed E-state index contributed by atoms with van der Waals surface area (Å²) in [6, 6.07) is 7.52. The van der Waals surface area contributed by atoms with Gasteiger partial charge in [0.05, 0.1) is 21.4 Å². The third-order valence-electron chi connectivity index (χ3n) is 2.18. The Balaban J connectivity index is 2.44. The van der Waals surface area contributed by atoms with Gasteiger partial charge in [0, 0.05) is 6.20 Å². The Morgan fingerprint density at radius 1 is 1.28 bits per heavy atom. The van der Waals surface area contributed by atoms with E-state index in [2.05, 4.69) is 10.3 Å². The van der Waals surface area contributed by atoms with Crippen LogP contribution in [0.5, 0.6) is 0 Å². The average molecular weight is 282 g/mol. The van der Waals surface area contributed by atoms with Gasteiger partial charge in [-0.05, 0) is 24.3 Å². The van der Waals surface area contributed by atoms with Crippen molar-refractivity contribution in [1.82, 2.24) is 4.98 Å². The first-order chi connectivity index (χ1) is 8.61. The molecule has 1 aromatic carbocycles. The Morgan fingerprint density at radius 3 is 2.56 bits per heavy atom. The topological polar surface area (TPSA) is 48.7 Å². The van der Waals surface area contributed by atoms with Crippen molar-refractivity contribution in [2.45, 2.75) is 0 Å². The van der Waals surface area contributed by atoms with Crippen LogP contribution in [0.4, 0.5) is 15.8 Å². The third-order valence-corrected chi connectivity index (χ3v) is 2.78. The molecule has 18 heavy (non-hydrogen) atoms. The Hall–Kier alpha value is -1.83. The number of hydrogen-bond donors (Lipinski definition) is 1. The van der Waals surface area contributed by atoms with Crippen molar-refractivity contribution in [2.24, 2.45) is 0 Å². The maximum absolute atomic E-state index is 13.0. The lowest BCUT2D eigenvalue weighted by atomic mass is 10.2. The highest BCUT2D eigenvalue weighted by Gasteiger charge is 2.11. The molecule has 0 aliphatic carbocycles. The van der Waals surface area contributed by atoms with Crippen molar-refractivity contribution in [1.29, 1.82) is 5.26 Å². The summed E-state index contributed by atoms with van der Waals surface area (Å²) >= 11 is 11.8. The lowest BCUT2D eigenvalue weighted by Gasteiger charge is -2.11. The van der Waals surface area contributed by atoms with E-state index in [-0.39, 0.29) is 15.7 Å². The minimum Gasteiger partial charge on any atom is -0.351 e. The second-order valence-electron chi connectivity index (χ2n) is 3.38. The fourth-order valence-electron chi connectivity index (χ4n) is 1.39. The zero-order chi connectivity index (χ0) is 13.1. The smallest absolute Gasteiger partial charge is 0.163 e. The predicted octanol–water partition coefficient (Wildman–Crippen LogP) is 4.14. The number of hydrogen-bond acceptors (Lipinski definition) is 3. The summed E-state index contributed by atoms with van der Waals surface area (Å²) in [5, 5.41) is 12.0. The van der Waals surface area contributed by atoms with Crippen molar-refractivity contribution >= 4 is 34.6 Å². The molecule has 1 heterocycles. The largest absolute Gasteiger partial charge is 0.351 e. The van der Waals surface area contributed by atoms with E-state index in [9.17, 15) is 4.39 Å². The van der Waals surface area contributed by atoms with Gasteiger partial charge in [0.1, 0.15) is 11.9 Å². The lowest BCUT2D eigenvalue weighted by Crippen LogP contribution is -1.97. The summed E-state index contributed by atoms with van der Waals surface area (Å²) in [4.78, 5) is 3.89. The molecule has 1 aromatic heterocycles. The fourth-order valence-corrected chi connectivity index (χ4v) is 1.95. The van der Waals surface area contributed by atoms with E-state index in [4.69, 9.17) is 28.5 Å². The maximum Gasteiger partial charge on any atom is 0.163 e. The summed E-state index contributed by atoms with van der Waals surface area (Å²) in [5.74, 6) is -0.526. The van der Waals surface area contributed by atoms with Gasteiger partial charge in [0.15, 0.2) is 5.69 Å². The number of aromatic nitrogens is 1. The van der Waals surface area contributed by atoms with Crippen LogP contribution in [0.1, 0.15) is 5.69 Å². The van der Waals surface area contributed by atoms with Crippen LogP contribution in [0.25, 0.3) is 0 Å². The van der Waals surface area contributed by atoms with Gasteiger partial charge < -0.3 is 5.32 Å². The van der Waals surface area contributed by atoms with Gasteiger partial charge in [0.2, 0.25) is 0 Å². The van der Waals surface area contributed by atoms with Crippen molar-refractivity contribution in [3.8, 4) is 6.07 Å². The number of rotatable bonds is 2. The lowest BCUT2D eigenvalue weighted by molar-refractivity contribution is 0.628. The summed E-state index contributed by atoms with van der Waals surface area (Å²) in [5.41, 5.74) is 0.994. The summed E-state index contributed by atoms with van der Waals surface area (Å²) in [7, 11) is 0. The number of nitriles is 1. The minimum atomic E-state index is -0.526. The van der Waals surface area contributed by atoms with Crippen LogP contribution in [-0.2, 0) is 0 Å². The monoisotopic (exact) mass is 281 g/mol. The van der Waals surface area contributed by atoms with Gasteiger partial charge in [-0.15, -0.1) is 0 Å². The number of anilines is 2. The Kier molecular flexibility index (Phi) is 3.66. The first-order valence-electron chi connectivity index (χ1n) is 4.88. The minimum absolute atomic E-state index is 0.132. The van der Waals surface area contributed by atoms with E-state index in [0.717, 1.165) is 12.1 Å². The molecule has 0 bridgehead atoms. The van der Waals surface area contributed by atoms with Gasteiger partial charge in [-0.1, -0.05) is 23.2 Å². The zero-order valence-corrected chi connectivity index (χ0v) is 10.4. The number of benzene rings is 1. The van der Waals surface area contributed by atoms with Crippen LogP contribution >= 0.6 is 23.2 Å². The fraction of sp³-hybridized carbons (Fsp3) is 0. The number of halogens is 3. The molecule has 0 radical (unpaired) electrons. The number of nitrogens with one attached hydrogen (secondary N) is 1. The highest BCUT2D eigenvalue weighted by atomic mass is 35.5. The summed E-state index contributed by atoms with van der Waals surface area (Å²) in [6.07, 6.45) is 1.50. The molecule has 0 saturated heterocycles. The van der Waals surface area contributed by atoms with Gasteiger partial charge in [0.25, 0.3) is 0 Å². The quantitative estimate of drug-likeness (QED) is 0.900. The molecule has 2 rings (SSSR count). The van der Waals surface area contributed by atoms with Crippen LogP contribution in [0.15, 0.2) is 30.5 Å². The van der Waals surface area contributed by atoms with E-state index in [1.807, 2.05) is 6.07 Å². The van der Waals surface area contributed by atoms with Crippen LogP contribution in [0, 0.1) is 17.1 Å². The van der Waals surface area contributed by atoms with Crippen molar-refractivity contribution < 1.29 is 4.39 Å². The van der Waals surface area contributed by atoms with E-state index < -0.39 is 5.82 Å². The van der Waals surface area contributed by atoms with Crippen molar-refractivity contribution in [2.75, 3.05) is 5.32 Å². The third kappa shape index (κ3) is 2.53. The average Bonchev–Trinajstić information content (AvgIpc) is 2.34. The van der Waals surface area contributed by atoms with E-state index in [1.54, 1.807) is 12.1 Å². The van der Waals surface area contributed by atoms with Crippen LogP contribution in [-0.4, -0.2) is 4.98 Å². The molecule has 0 saturated carbocycles. The molecule has 0 amide bonds. The number of pyridine rings is 1. The normalized spacial score (nSPS) is 9.89. The second-order valence-corrected chi connectivity index (χ2v) is 4.20. The highest BCUT2D eigenvalue weighted by molar-refractivity contribution is 6.39. The van der Waals surface area contributed by atoms with E-state index in [1.165, 1.54) is 6.20 Å². The summed E-state index contributed by atoms with van der Waals surface area (Å²) < 4.78 is 13.0. The molecule has 3 nitrogen and oxygen atoms in total. The molecule has 0 aliphatic heterocycles. The molecule has 2 aromatic rings. The van der Waals surface area contributed by atoms with Gasteiger partial charge in [-0.2, -0.15) is 5.26 Å². The van der Waals surface area contributed by atoms with Gasteiger partial charge >= 0.3 is 0 Å². The molecule has 0 unspecified atom stereocenters.